The fourth-order valence-electron chi connectivity index (χ4n) is 0.642. The molecule has 0 bridgehead atoms. The third kappa shape index (κ3) is 5.67. The Kier molecular flexibility index (Phi) is 6.83. The molecule has 0 saturated heterocycles. The van der Waals surface area contributed by atoms with Crippen molar-refractivity contribution in [2.45, 2.75) is 0 Å². The van der Waals surface area contributed by atoms with Crippen LogP contribution in [0.3, 0.4) is 0 Å². The van der Waals surface area contributed by atoms with Crippen LogP contribution in [0.1, 0.15) is 0 Å². The SMILES string of the molecule is [CrH+2].c1cc[cH-]c1.c1cc[cH-]c1. The molecule has 0 atom stereocenters. The first-order valence-electron chi connectivity index (χ1n) is 3.33. The van der Waals surface area contributed by atoms with E-state index in [1.54, 1.807) is 0 Å². The van der Waals surface area contributed by atoms with Crippen LogP contribution in [0.4, 0.5) is 0 Å². The van der Waals surface area contributed by atoms with E-state index in [0.29, 0.717) is 0 Å². The first-order valence-corrected chi connectivity index (χ1v) is 3.33. The monoisotopic (exact) mass is 183 g/mol. The van der Waals surface area contributed by atoms with E-state index in [2.05, 4.69) is 0 Å². The molecule has 0 aliphatic carbocycles. The third-order valence-corrected chi connectivity index (χ3v) is 1.11. The molecule has 0 saturated carbocycles. The van der Waals surface area contributed by atoms with E-state index in [0.717, 1.165) is 0 Å². The Hall–Kier alpha value is -0.768. The van der Waals surface area contributed by atoms with Crippen molar-refractivity contribution in [3.63, 3.8) is 0 Å². The van der Waals surface area contributed by atoms with Gasteiger partial charge in [-0.05, 0) is 0 Å². The Bertz CT molecular complexity index is 144. The molecule has 0 nitrogen and oxygen atoms in total. The Balaban J connectivity index is 0.000000167. The van der Waals surface area contributed by atoms with Gasteiger partial charge in [0.1, 0.15) is 0 Å². The van der Waals surface area contributed by atoms with E-state index in [4.69, 9.17) is 0 Å². The quantitative estimate of drug-likeness (QED) is 0.550. The molecular formula is C10H11Cr. The van der Waals surface area contributed by atoms with Gasteiger partial charge in [-0.15, -0.1) is 0 Å². The summed E-state index contributed by atoms with van der Waals surface area (Å²) in [4.78, 5) is 0. The van der Waals surface area contributed by atoms with E-state index in [9.17, 15) is 0 Å². The second kappa shape index (κ2) is 7.34. The van der Waals surface area contributed by atoms with Gasteiger partial charge in [0.05, 0.1) is 0 Å². The molecule has 0 spiro atoms. The molecule has 0 unspecified atom stereocenters. The van der Waals surface area contributed by atoms with Crippen molar-refractivity contribution in [3.05, 3.63) is 60.7 Å². The molecule has 2 aromatic rings. The van der Waals surface area contributed by atoms with Gasteiger partial charge in [0.2, 0.25) is 0 Å². The van der Waals surface area contributed by atoms with Gasteiger partial charge in [-0.2, -0.15) is 36.4 Å². The van der Waals surface area contributed by atoms with Gasteiger partial charge < -0.3 is 0 Å². The van der Waals surface area contributed by atoms with Crippen molar-refractivity contribution in [3.8, 4) is 0 Å². The smallest absolute Gasteiger partial charge is 0.172 e. The zero-order valence-corrected chi connectivity index (χ0v) is 7.62. The van der Waals surface area contributed by atoms with Gasteiger partial charge >= 0.3 is 17.4 Å². The maximum atomic E-state index is 2.00. The molecular weight excluding hydrogens is 172 g/mol. The summed E-state index contributed by atoms with van der Waals surface area (Å²) in [6.07, 6.45) is 0. The van der Waals surface area contributed by atoms with Crippen molar-refractivity contribution in [1.82, 2.24) is 0 Å². The van der Waals surface area contributed by atoms with Gasteiger partial charge in [0.25, 0.3) is 0 Å². The summed E-state index contributed by atoms with van der Waals surface area (Å²) in [5.41, 5.74) is 0. The van der Waals surface area contributed by atoms with Crippen LogP contribution in [0, 0.1) is 0 Å². The number of hydrogen-bond acceptors (Lipinski definition) is 0. The van der Waals surface area contributed by atoms with Gasteiger partial charge in [-0.3, -0.25) is 0 Å². The third-order valence-electron chi connectivity index (χ3n) is 1.11. The van der Waals surface area contributed by atoms with E-state index in [1.807, 2.05) is 60.7 Å². The van der Waals surface area contributed by atoms with Gasteiger partial charge in [0.15, 0.2) is 0 Å². The van der Waals surface area contributed by atoms with Crippen LogP contribution < -0.4 is 0 Å². The molecule has 0 heterocycles. The molecule has 0 fully saturated rings. The molecule has 2 rings (SSSR count). The van der Waals surface area contributed by atoms with E-state index >= 15 is 0 Å². The second-order valence-corrected chi connectivity index (χ2v) is 1.92. The topological polar surface area (TPSA) is 0 Å². The molecule has 2 aromatic carbocycles. The zero-order valence-electron chi connectivity index (χ0n) is 6.22. The molecule has 0 aromatic heterocycles. The van der Waals surface area contributed by atoms with Gasteiger partial charge in [-0.25, -0.2) is 24.3 Å². The summed E-state index contributed by atoms with van der Waals surface area (Å²) in [6.45, 7) is 0. The maximum Gasteiger partial charge on any atom is -0.172 e. The second-order valence-electron chi connectivity index (χ2n) is 1.92. The van der Waals surface area contributed by atoms with Crippen molar-refractivity contribution >= 4 is 0 Å². The Morgan fingerprint density at radius 1 is 0.545 bits per heavy atom. The summed E-state index contributed by atoms with van der Waals surface area (Å²) in [5.74, 6) is 0. The predicted molar refractivity (Wildman–Crippen MR) is 45.5 cm³/mol. The summed E-state index contributed by atoms with van der Waals surface area (Å²) in [5, 5.41) is 0. The van der Waals surface area contributed by atoms with Crippen molar-refractivity contribution in [2.75, 3.05) is 0 Å². The van der Waals surface area contributed by atoms with Crippen molar-refractivity contribution < 1.29 is 17.4 Å². The summed E-state index contributed by atoms with van der Waals surface area (Å²) in [7, 11) is 0. The average Bonchev–Trinajstić information content (AvgIpc) is 2.67. The van der Waals surface area contributed by atoms with Crippen LogP contribution >= 0.6 is 0 Å². The summed E-state index contributed by atoms with van der Waals surface area (Å²) < 4.78 is 0. The largest absolute Gasteiger partial charge is 0.214 e. The molecule has 11 heavy (non-hydrogen) atoms. The molecule has 0 aliphatic heterocycles. The van der Waals surface area contributed by atoms with Crippen LogP contribution in [-0.2, 0) is 17.4 Å². The molecule has 0 aliphatic rings. The minimum atomic E-state index is 0. The first kappa shape index (κ1) is 10.2. The molecule has 0 amide bonds. The van der Waals surface area contributed by atoms with Gasteiger partial charge in [-0.1, -0.05) is 0 Å². The van der Waals surface area contributed by atoms with E-state index in [-0.39, 0.29) is 17.4 Å². The van der Waals surface area contributed by atoms with Crippen LogP contribution in [0.25, 0.3) is 0 Å². The molecule has 0 radical (unpaired) electrons. The molecule has 0 N–H and O–H groups in total. The number of hydrogen-bond donors (Lipinski definition) is 0. The summed E-state index contributed by atoms with van der Waals surface area (Å²) in [6, 6.07) is 20.0. The Morgan fingerprint density at radius 2 is 0.818 bits per heavy atom. The Labute approximate surface area is 78.3 Å². The minimum absolute atomic E-state index is 0. The zero-order chi connectivity index (χ0) is 7.07. The maximum absolute atomic E-state index is 2.00. The van der Waals surface area contributed by atoms with Crippen molar-refractivity contribution in [1.29, 1.82) is 0 Å². The predicted octanol–water partition coefficient (Wildman–Crippen LogP) is 2.54. The first-order chi connectivity index (χ1) is 5.00. The fourth-order valence-corrected chi connectivity index (χ4v) is 0.642. The Morgan fingerprint density at radius 3 is 0.909 bits per heavy atom. The number of rotatable bonds is 0. The fraction of sp³-hybridized carbons (Fsp3) is 0. The normalized spacial score (nSPS) is 7.27. The van der Waals surface area contributed by atoms with Gasteiger partial charge in [0, 0.05) is 0 Å². The molecule has 57 valence electrons. The van der Waals surface area contributed by atoms with Crippen LogP contribution in [0.15, 0.2) is 60.7 Å². The van der Waals surface area contributed by atoms with E-state index in [1.165, 1.54) is 0 Å². The van der Waals surface area contributed by atoms with Crippen LogP contribution in [0.5, 0.6) is 0 Å². The van der Waals surface area contributed by atoms with Crippen LogP contribution in [0.2, 0.25) is 0 Å². The molecule has 1 heteroatoms. The van der Waals surface area contributed by atoms with Crippen LogP contribution in [-0.4, -0.2) is 0 Å². The average molecular weight is 183 g/mol. The van der Waals surface area contributed by atoms with Crippen molar-refractivity contribution in [2.24, 2.45) is 0 Å². The summed E-state index contributed by atoms with van der Waals surface area (Å²) >= 11 is 0. The minimum Gasteiger partial charge on any atom is -0.214 e. The van der Waals surface area contributed by atoms with E-state index < -0.39 is 0 Å². The standard InChI is InChI=1S/2C5H5.Cr.H/c2*1-2-4-5-3-1;;/h2*1-5H;;/q2*-1;+2;.